The molecule has 1 aliphatic rings. The van der Waals surface area contributed by atoms with Gasteiger partial charge in [-0.25, -0.2) is 0 Å². The maximum absolute atomic E-state index is 6.17. The van der Waals surface area contributed by atoms with E-state index in [0.29, 0.717) is 0 Å². The average molecular weight is 606 g/mol. The molecule has 0 saturated carbocycles. The van der Waals surface area contributed by atoms with Crippen LogP contribution in [0, 0.1) is 19.3 Å². The second kappa shape index (κ2) is 14.6. The number of terminal acetylenes is 1. The van der Waals surface area contributed by atoms with Gasteiger partial charge < -0.3 is 0 Å². The zero-order chi connectivity index (χ0) is 32.6. The summed E-state index contributed by atoms with van der Waals surface area (Å²) in [4.78, 5) is 5.16. The molecule has 1 aliphatic carbocycles. The molecule has 5 aromatic carbocycles. The molecule has 0 N–H and O–H groups in total. The second-order valence-corrected chi connectivity index (χ2v) is 12.0. The van der Waals surface area contributed by atoms with Crippen molar-refractivity contribution < 1.29 is 0 Å². The van der Waals surface area contributed by atoms with E-state index in [4.69, 9.17) is 11.4 Å². The Kier molecular flexibility index (Phi) is 9.71. The summed E-state index contributed by atoms with van der Waals surface area (Å²) in [6.45, 7) is 8.44. The van der Waals surface area contributed by atoms with Crippen molar-refractivity contribution in [1.29, 1.82) is 0 Å². The van der Waals surface area contributed by atoms with E-state index in [1.54, 1.807) is 0 Å². The fraction of sp³-hybridized carbons (Fsp3) is 0.109. The summed E-state index contributed by atoms with van der Waals surface area (Å²) >= 11 is 0. The predicted molar refractivity (Wildman–Crippen MR) is 202 cm³/mol. The molecule has 0 fully saturated rings. The quantitative estimate of drug-likeness (QED) is 0.117. The highest BCUT2D eigenvalue weighted by molar-refractivity contribution is 6.12. The molecule has 0 radical (unpaired) electrons. The van der Waals surface area contributed by atoms with Crippen LogP contribution in [0.5, 0.6) is 0 Å². The number of hydrogen-bond donors (Lipinski definition) is 0. The normalized spacial score (nSPS) is 14.3. The van der Waals surface area contributed by atoms with Crippen molar-refractivity contribution in [2.24, 2.45) is 4.99 Å². The minimum absolute atomic E-state index is 0.425. The first kappa shape index (κ1) is 31.3. The van der Waals surface area contributed by atoms with Crippen LogP contribution in [0.2, 0.25) is 0 Å². The molecule has 0 amide bonds. The molecule has 0 aromatic heterocycles. The van der Waals surface area contributed by atoms with Crippen LogP contribution in [0.1, 0.15) is 59.2 Å². The van der Waals surface area contributed by atoms with Crippen molar-refractivity contribution in [2.75, 3.05) is 0 Å². The van der Waals surface area contributed by atoms with Gasteiger partial charge >= 0.3 is 0 Å². The summed E-state index contributed by atoms with van der Waals surface area (Å²) in [6, 6.07) is 46.2. The number of allylic oxidation sites excluding steroid dienone is 7. The summed E-state index contributed by atoms with van der Waals surface area (Å²) < 4.78 is 0. The van der Waals surface area contributed by atoms with Crippen LogP contribution in [-0.2, 0) is 0 Å². The lowest BCUT2D eigenvalue weighted by molar-refractivity contribution is 0.944. The maximum Gasteiger partial charge on any atom is 0.136 e. The Morgan fingerprint density at radius 2 is 1.34 bits per heavy atom. The van der Waals surface area contributed by atoms with Crippen molar-refractivity contribution >= 4 is 22.4 Å². The van der Waals surface area contributed by atoms with E-state index in [0.717, 1.165) is 40.8 Å². The molecule has 47 heavy (non-hydrogen) atoms. The maximum atomic E-state index is 6.17. The lowest BCUT2D eigenvalue weighted by atomic mass is 9.83. The third-order valence-corrected chi connectivity index (χ3v) is 8.87. The van der Waals surface area contributed by atoms with E-state index >= 15 is 0 Å². The number of aryl methyl sites for hydroxylation is 1. The van der Waals surface area contributed by atoms with Crippen LogP contribution in [0.15, 0.2) is 169 Å². The van der Waals surface area contributed by atoms with E-state index in [2.05, 4.69) is 148 Å². The second-order valence-electron chi connectivity index (χ2n) is 12.0. The fourth-order valence-electron chi connectivity index (χ4n) is 6.24. The van der Waals surface area contributed by atoms with Gasteiger partial charge in [-0.05, 0) is 99.6 Å². The van der Waals surface area contributed by atoms with Gasteiger partial charge in [-0.2, -0.15) is 0 Å². The number of rotatable bonds is 9. The topological polar surface area (TPSA) is 12.4 Å². The van der Waals surface area contributed by atoms with E-state index in [1.165, 1.54) is 44.5 Å². The van der Waals surface area contributed by atoms with Crippen LogP contribution in [-0.4, -0.2) is 5.71 Å². The monoisotopic (exact) mass is 605 g/mol. The fourth-order valence-corrected chi connectivity index (χ4v) is 6.24. The van der Waals surface area contributed by atoms with E-state index in [-0.39, 0.29) is 0 Å². The van der Waals surface area contributed by atoms with E-state index in [9.17, 15) is 0 Å². The SMILES string of the molecule is C#CC(N=C(/C=C(\C)c1ccccc1)c1ccccc1)c1ccc(C2=C(C=C)CCC(c3ccc(-c4ccccc4)cc3)=C2)c(C)c1. The molecule has 5 aromatic rings. The third-order valence-electron chi connectivity index (χ3n) is 8.87. The molecule has 0 heterocycles. The summed E-state index contributed by atoms with van der Waals surface area (Å²) in [5.41, 5.74) is 15.1. The predicted octanol–water partition coefficient (Wildman–Crippen LogP) is 11.7. The largest absolute Gasteiger partial charge is 0.264 e. The molecule has 1 atom stereocenters. The minimum Gasteiger partial charge on any atom is -0.264 e. The molecule has 0 saturated heterocycles. The zero-order valence-electron chi connectivity index (χ0n) is 27.2. The minimum atomic E-state index is -0.425. The first-order valence-electron chi connectivity index (χ1n) is 16.2. The molecule has 0 bridgehead atoms. The van der Waals surface area contributed by atoms with Crippen molar-refractivity contribution in [2.45, 2.75) is 32.7 Å². The molecule has 1 nitrogen and oxygen atoms in total. The first-order valence-corrected chi connectivity index (χ1v) is 16.2. The Hall–Kier alpha value is -5.71. The van der Waals surface area contributed by atoms with Crippen molar-refractivity contribution in [1.82, 2.24) is 0 Å². The lowest BCUT2D eigenvalue weighted by Gasteiger charge is -2.21. The lowest BCUT2D eigenvalue weighted by Crippen LogP contribution is -2.04. The van der Waals surface area contributed by atoms with Crippen LogP contribution >= 0.6 is 0 Å². The summed E-state index contributed by atoms with van der Waals surface area (Å²) in [6.07, 6.45) is 14.6. The molecule has 0 spiro atoms. The van der Waals surface area contributed by atoms with Gasteiger partial charge in [0.15, 0.2) is 0 Å². The standard InChI is InChI=1S/C46H39N/c1-5-35-22-27-41(39-25-23-38(24-26-39)37-18-12-8-13-19-37)32-44(35)43-29-28-42(30-34(43)4)45(6-2)47-46(40-20-14-9-15-21-40)31-33(3)36-16-10-7-11-17-36/h2,5,7-21,23-26,28-32,45H,1,22,27H2,3-4H3/b33-31+,47-46?. The van der Waals surface area contributed by atoms with E-state index in [1.807, 2.05) is 30.3 Å². The van der Waals surface area contributed by atoms with Gasteiger partial charge in [-0.1, -0.05) is 158 Å². The Morgan fingerprint density at radius 3 is 1.96 bits per heavy atom. The summed E-state index contributed by atoms with van der Waals surface area (Å²) in [5, 5.41) is 0. The first-order chi connectivity index (χ1) is 23.0. The van der Waals surface area contributed by atoms with Crippen LogP contribution in [0.25, 0.3) is 27.8 Å². The van der Waals surface area contributed by atoms with Crippen LogP contribution in [0.4, 0.5) is 0 Å². The molecular weight excluding hydrogens is 567 g/mol. The van der Waals surface area contributed by atoms with Gasteiger partial charge in [0.05, 0.1) is 5.71 Å². The van der Waals surface area contributed by atoms with Crippen LogP contribution < -0.4 is 0 Å². The Morgan fingerprint density at radius 1 is 0.745 bits per heavy atom. The van der Waals surface area contributed by atoms with Gasteiger partial charge in [-0.15, -0.1) is 6.42 Å². The Balaban J connectivity index is 1.32. The Labute approximate surface area is 280 Å². The molecule has 6 rings (SSSR count). The number of aliphatic imine (C=N–C) groups is 1. The van der Waals surface area contributed by atoms with E-state index < -0.39 is 6.04 Å². The highest BCUT2D eigenvalue weighted by Crippen LogP contribution is 2.38. The highest BCUT2D eigenvalue weighted by atomic mass is 14.8. The average Bonchev–Trinajstić information content (AvgIpc) is 3.14. The molecule has 228 valence electrons. The highest BCUT2D eigenvalue weighted by Gasteiger charge is 2.18. The third kappa shape index (κ3) is 7.25. The van der Waals surface area contributed by atoms with Gasteiger partial charge in [-0.3, -0.25) is 4.99 Å². The Bertz CT molecular complexity index is 2030. The molecule has 1 unspecified atom stereocenters. The number of hydrogen-bond acceptors (Lipinski definition) is 1. The van der Waals surface area contributed by atoms with Gasteiger partial charge in [0.25, 0.3) is 0 Å². The van der Waals surface area contributed by atoms with Crippen molar-refractivity contribution in [3.63, 3.8) is 0 Å². The van der Waals surface area contributed by atoms with Crippen LogP contribution in [0.3, 0.4) is 0 Å². The van der Waals surface area contributed by atoms with Crippen molar-refractivity contribution in [3.8, 4) is 23.5 Å². The van der Waals surface area contributed by atoms with Gasteiger partial charge in [0, 0.05) is 0 Å². The number of nitrogens with zero attached hydrogens (tertiary/aromatic N) is 1. The van der Waals surface area contributed by atoms with Gasteiger partial charge in [0.2, 0.25) is 0 Å². The molecular formula is C46H39N. The molecule has 0 aliphatic heterocycles. The van der Waals surface area contributed by atoms with Crippen molar-refractivity contribution in [3.05, 3.63) is 197 Å². The number of benzene rings is 5. The summed E-state index contributed by atoms with van der Waals surface area (Å²) in [5.74, 6) is 2.97. The smallest absolute Gasteiger partial charge is 0.136 e. The molecule has 1 heteroatoms. The summed E-state index contributed by atoms with van der Waals surface area (Å²) in [7, 11) is 0. The van der Waals surface area contributed by atoms with Gasteiger partial charge in [0.1, 0.15) is 6.04 Å². The zero-order valence-corrected chi connectivity index (χ0v) is 27.2.